The molecule has 0 atom stereocenters. The van der Waals surface area contributed by atoms with Crippen molar-refractivity contribution in [3.05, 3.63) is 127 Å². The summed E-state index contributed by atoms with van der Waals surface area (Å²) in [6.07, 6.45) is 4.78. The molecule has 2 aromatic heterocycles. The normalized spacial score (nSPS) is 12.5. The molecule has 4 aromatic carbocycles. The number of aryl methyl sites for hydroxylation is 1. The average molecular weight is 513 g/mol. The van der Waals surface area contributed by atoms with Crippen molar-refractivity contribution in [1.82, 2.24) is 4.57 Å². The van der Waals surface area contributed by atoms with E-state index in [9.17, 15) is 4.79 Å². The van der Waals surface area contributed by atoms with Crippen LogP contribution >= 0.6 is 11.8 Å². The first-order chi connectivity index (χ1) is 18.8. The molecule has 184 valence electrons. The number of hydrogen-bond acceptors (Lipinski definition) is 2. The Morgan fingerprint density at radius 1 is 0.684 bits per heavy atom. The van der Waals surface area contributed by atoms with E-state index in [-0.39, 0.29) is 5.91 Å². The van der Waals surface area contributed by atoms with Gasteiger partial charge in [-0.3, -0.25) is 9.69 Å². The summed E-state index contributed by atoms with van der Waals surface area (Å²) in [6.45, 7) is 1.43. The van der Waals surface area contributed by atoms with Crippen LogP contribution in [0.4, 0.5) is 11.4 Å². The highest BCUT2D eigenvalue weighted by atomic mass is 32.2. The maximum absolute atomic E-state index is 13.8. The van der Waals surface area contributed by atoms with E-state index in [2.05, 4.69) is 88.3 Å². The molecular weight excluding hydrogens is 486 g/mol. The Hall–Kier alpha value is -4.35. The maximum atomic E-state index is 13.8. The second-order valence-electron chi connectivity index (χ2n) is 9.59. The number of anilines is 2. The van der Waals surface area contributed by atoms with Crippen LogP contribution in [0.15, 0.2) is 131 Å². The van der Waals surface area contributed by atoms with Crippen LogP contribution in [0.3, 0.4) is 0 Å². The molecule has 6 aromatic rings. The summed E-state index contributed by atoms with van der Waals surface area (Å²) in [6, 6.07) is 37.5. The molecule has 38 heavy (non-hydrogen) atoms. The fraction of sp³-hybridized carbons (Fsp3) is 0.0909. The molecule has 0 radical (unpaired) electrons. The van der Waals surface area contributed by atoms with Gasteiger partial charge >= 0.3 is 0 Å². The Labute approximate surface area is 225 Å². The van der Waals surface area contributed by atoms with Crippen LogP contribution in [0.25, 0.3) is 21.8 Å². The number of para-hydroxylation sites is 3. The number of rotatable bonds is 5. The van der Waals surface area contributed by atoms with Crippen molar-refractivity contribution >= 4 is 50.8 Å². The van der Waals surface area contributed by atoms with Gasteiger partial charge in [-0.05, 0) is 30.3 Å². The zero-order chi connectivity index (χ0) is 25.5. The van der Waals surface area contributed by atoms with E-state index >= 15 is 0 Å². The summed E-state index contributed by atoms with van der Waals surface area (Å²) < 4.78 is 4.53. The molecule has 0 saturated heterocycles. The fourth-order valence-electron chi connectivity index (χ4n) is 5.47. The number of benzene rings is 4. The van der Waals surface area contributed by atoms with Crippen LogP contribution < -0.4 is 9.47 Å². The highest BCUT2D eigenvalue weighted by molar-refractivity contribution is 7.99. The lowest BCUT2D eigenvalue weighted by molar-refractivity contribution is -0.687. The van der Waals surface area contributed by atoms with E-state index in [0.717, 1.165) is 38.7 Å². The van der Waals surface area contributed by atoms with Gasteiger partial charge in [0.05, 0.1) is 22.3 Å². The van der Waals surface area contributed by atoms with Crippen molar-refractivity contribution in [3.8, 4) is 0 Å². The van der Waals surface area contributed by atoms with E-state index in [1.807, 2.05) is 47.4 Å². The molecule has 3 heterocycles. The SMILES string of the molecule is O=C(CCn1c2ccccc2c2c[n+](Cc3ccccc3)ccc21)N1c2ccccc2Sc2ccccc21. The largest absolute Gasteiger partial charge is 0.340 e. The van der Waals surface area contributed by atoms with E-state index < -0.39 is 0 Å². The zero-order valence-electron chi connectivity index (χ0n) is 20.8. The minimum atomic E-state index is 0.103. The number of nitrogens with zero attached hydrogens (tertiary/aromatic N) is 3. The molecule has 0 bridgehead atoms. The van der Waals surface area contributed by atoms with E-state index in [4.69, 9.17) is 0 Å². The minimum absolute atomic E-state index is 0.103. The molecular formula is C33H26N3OS+. The quantitative estimate of drug-likeness (QED) is 0.226. The third kappa shape index (κ3) is 3.96. The lowest BCUT2D eigenvalue weighted by atomic mass is 10.2. The third-order valence-corrected chi connectivity index (χ3v) is 8.34. The number of carbonyl (C=O) groups is 1. The Bertz CT molecular complexity index is 1760. The lowest BCUT2D eigenvalue weighted by Gasteiger charge is -2.31. The monoisotopic (exact) mass is 512 g/mol. The molecule has 0 saturated carbocycles. The summed E-state index contributed by atoms with van der Waals surface area (Å²) in [4.78, 5) is 18.0. The predicted molar refractivity (Wildman–Crippen MR) is 154 cm³/mol. The summed E-state index contributed by atoms with van der Waals surface area (Å²) in [5.74, 6) is 0.103. The van der Waals surface area contributed by atoms with Crippen LogP contribution in [0, 0.1) is 0 Å². The van der Waals surface area contributed by atoms with Crippen molar-refractivity contribution in [2.45, 2.75) is 29.3 Å². The number of pyridine rings is 1. The molecule has 7 rings (SSSR count). The first-order valence-corrected chi connectivity index (χ1v) is 13.7. The smallest absolute Gasteiger partial charge is 0.233 e. The Kier molecular flexibility index (Phi) is 5.71. The van der Waals surface area contributed by atoms with Gasteiger partial charge in [-0.1, -0.05) is 84.6 Å². The third-order valence-electron chi connectivity index (χ3n) is 7.21. The molecule has 1 amide bonds. The first-order valence-electron chi connectivity index (χ1n) is 12.9. The topological polar surface area (TPSA) is 29.1 Å². The van der Waals surface area contributed by atoms with Gasteiger partial charge in [0.2, 0.25) is 5.91 Å². The number of fused-ring (bicyclic) bond motifs is 5. The van der Waals surface area contributed by atoms with Crippen LogP contribution in [-0.2, 0) is 17.9 Å². The van der Waals surface area contributed by atoms with Crippen molar-refractivity contribution in [2.75, 3.05) is 4.90 Å². The van der Waals surface area contributed by atoms with Crippen LogP contribution in [0.1, 0.15) is 12.0 Å². The van der Waals surface area contributed by atoms with E-state index in [1.54, 1.807) is 11.8 Å². The molecule has 0 spiro atoms. The first kappa shape index (κ1) is 22.8. The van der Waals surface area contributed by atoms with Crippen molar-refractivity contribution in [2.24, 2.45) is 0 Å². The summed E-state index contributed by atoms with van der Waals surface area (Å²) in [5.41, 5.74) is 5.50. The highest BCUT2D eigenvalue weighted by Crippen LogP contribution is 2.48. The van der Waals surface area contributed by atoms with Gasteiger partial charge in [-0.2, -0.15) is 0 Å². The molecule has 5 heteroatoms. The van der Waals surface area contributed by atoms with Gasteiger partial charge in [0.15, 0.2) is 18.9 Å². The van der Waals surface area contributed by atoms with Gasteiger partial charge in [0.1, 0.15) is 0 Å². The molecule has 0 unspecified atom stereocenters. The van der Waals surface area contributed by atoms with Gasteiger partial charge in [0, 0.05) is 45.3 Å². The number of amides is 1. The molecule has 0 fully saturated rings. The summed E-state index contributed by atoms with van der Waals surface area (Å²) in [7, 11) is 0. The maximum Gasteiger partial charge on any atom is 0.233 e. The van der Waals surface area contributed by atoms with Crippen molar-refractivity contribution in [1.29, 1.82) is 0 Å². The average Bonchev–Trinajstić information content (AvgIpc) is 3.28. The standard InChI is InChI=1S/C33H26N3OS/c37-33(36-29-14-6-8-16-31(29)38-32-17-9-7-15-30(32)36)19-21-35-27-13-5-4-12-25(27)26-23-34(20-18-28(26)35)22-24-10-2-1-3-11-24/h1-18,20,23H,19,21-22H2/q+1. The zero-order valence-corrected chi connectivity index (χ0v) is 21.6. The van der Waals surface area contributed by atoms with E-state index in [0.29, 0.717) is 13.0 Å². The number of aromatic nitrogens is 2. The summed E-state index contributed by atoms with van der Waals surface area (Å²) in [5, 5.41) is 2.42. The molecule has 0 N–H and O–H groups in total. The molecule has 0 aliphatic carbocycles. The van der Waals surface area contributed by atoms with Crippen molar-refractivity contribution < 1.29 is 9.36 Å². The van der Waals surface area contributed by atoms with Crippen LogP contribution in [0.5, 0.6) is 0 Å². The predicted octanol–water partition coefficient (Wildman–Crippen LogP) is 7.35. The Morgan fingerprint density at radius 3 is 2.08 bits per heavy atom. The lowest BCUT2D eigenvalue weighted by Crippen LogP contribution is -2.33. The Morgan fingerprint density at radius 2 is 1.32 bits per heavy atom. The summed E-state index contributed by atoms with van der Waals surface area (Å²) >= 11 is 1.72. The minimum Gasteiger partial charge on any atom is -0.340 e. The van der Waals surface area contributed by atoms with Gasteiger partial charge in [0.25, 0.3) is 0 Å². The van der Waals surface area contributed by atoms with Crippen LogP contribution in [0.2, 0.25) is 0 Å². The molecule has 1 aliphatic rings. The molecule has 4 nitrogen and oxygen atoms in total. The fourth-order valence-corrected chi connectivity index (χ4v) is 6.52. The number of hydrogen-bond donors (Lipinski definition) is 0. The van der Waals surface area contributed by atoms with Gasteiger partial charge in [-0.25, -0.2) is 4.57 Å². The van der Waals surface area contributed by atoms with Crippen LogP contribution in [-0.4, -0.2) is 10.5 Å². The van der Waals surface area contributed by atoms with Crippen molar-refractivity contribution in [3.63, 3.8) is 0 Å². The molecule has 1 aliphatic heterocycles. The van der Waals surface area contributed by atoms with E-state index in [1.165, 1.54) is 16.3 Å². The number of carbonyl (C=O) groups excluding carboxylic acids is 1. The highest BCUT2D eigenvalue weighted by Gasteiger charge is 2.28. The van der Waals surface area contributed by atoms with Gasteiger partial charge < -0.3 is 4.57 Å². The van der Waals surface area contributed by atoms with Gasteiger partial charge in [-0.15, -0.1) is 0 Å². The Balaban J connectivity index is 1.23. The second kappa shape index (κ2) is 9.51. The second-order valence-corrected chi connectivity index (χ2v) is 10.7.